The van der Waals surface area contributed by atoms with Crippen LogP contribution in [0.1, 0.15) is 37.1 Å². The Labute approximate surface area is 196 Å². The molecule has 7 nitrogen and oxygen atoms in total. The second-order valence-corrected chi connectivity index (χ2v) is 9.85. The second kappa shape index (κ2) is 9.62. The first kappa shape index (κ1) is 23.4. The van der Waals surface area contributed by atoms with Gasteiger partial charge in [-0.15, -0.1) is 0 Å². The summed E-state index contributed by atoms with van der Waals surface area (Å²) in [7, 11) is -3.80. The number of carbonyl (C=O) groups is 1. The van der Waals surface area contributed by atoms with Crippen molar-refractivity contribution in [2.45, 2.75) is 43.7 Å². The van der Waals surface area contributed by atoms with Crippen LogP contribution in [0.25, 0.3) is 11.1 Å². The molecule has 1 heterocycles. The number of halogens is 2. The summed E-state index contributed by atoms with van der Waals surface area (Å²) in [6, 6.07) is 10.2. The molecule has 1 unspecified atom stereocenters. The first-order valence-corrected chi connectivity index (χ1v) is 12.4. The van der Waals surface area contributed by atoms with E-state index in [-0.39, 0.29) is 29.0 Å². The Balaban J connectivity index is 1.52. The van der Waals surface area contributed by atoms with Crippen molar-refractivity contribution >= 4 is 27.6 Å². The average Bonchev–Trinajstić information content (AvgIpc) is 3.19. The van der Waals surface area contributed by atoms with Gasteiger partial charge in [-0.1, -0.05) is 29.8 Å². The number of fused-ring (bicyclic) bond motifs is 1. The van der Waals surface area contributed by atoms with Crippen LogP contribution < -0.4 is 4.72 Å². The van der Waals surface area contributed by atoms with Crippen LogP contribution in [0.4, 0.5) is 4.39 Å². The zero-order valence-electron chi connectivity index (χ0n) is 17.9. The molecule has 0 spiro atoms. The lowest BCUT2D eigenvalue weighted by Gasteiger charge is -2.24. The number of sulfonamides is 1. The van der Waals surface area contributed by atoms with Crippen molar-refractivity contribution < 1.29 is 22.3 Å². The van der Waals surface area contributed by atoms with Gasteiger partial charge in [-0.05, 0) is 61.6 Å². The fraction of sp³-hybridized carbons (Fsp3) is 0.304. The molecule has 0 amide bonds. The van der Waals surface area contributed by atoms with Gasteiger partial charge in [0, 0.05) is 11.3 Å². The highest BCUT2D eigenvalue weighted by Crippen LogP contribution is 2.32. The van der Waals surface area contributed by atoms with E-state index in [0.717, 1.165) is 23.2 Å². The van der Waals surface area contributed by atoms with E-state index in [9.17, 15) is 17.6 Å². The largest absolute Gasteiger partial charge is 0.465 e. The molecule has 174 valence electrons. The van der Waals surface area contributed by atoms with Gasteiger partial charge < -0.3 is 4.74 Å². The van der Waals surface area contributed by atoms with Crippen molar-refractivity contribution in [3.05, 3.63) is 70.8 Å². The highest BCUT2D eigenvalue weighted by atomic mass is 35.5. The number of benzene rings is 2. The molecule has 0 aliphatic heterocycles. The lowest BCUT2D eigenvalue weighted by atomic mass is 9.94. The number of nitrogens with one attached hydrogen (secondary N) is 1. The molecule has 1 aliphatic rings. The van der Waals surface area contributed by atoms with Crippen LogP contribution in [-0.2, 0) is 32.5 Å². The van der Waals surface area contributed by atoms with Gasteiger partial charge in [-0.25, -0.2) is 17.5 Å². The zero-order valence-corrected chi connectivity index (χ0v) is 19.5. The quantitative estimate of drug-likeness (QED) is 0.499. The van der Waals surface area contributed by atoms with Gasteiger partial charge in [-0.3, -0.25) is 9.48 Å². The molecule has 0 saturated heterocycles. The van der Waals surface area contributed by atoms with Crippen molar-refractivity contribution in [1.29, 1.82) is 0 Å². The van der Waals surface area contributed by atoms with E-state index in [1.54, 1.807) is 36.0 Å². The first-order valence-electron chi connectivity index (χ1n) is 10.6. The minimum absolute atomic E-state index is 0.00229. The van der Waals surface area contributed by atoms with E-state index in [1.807, 2.05) is 0 Å². The molecular weight excluding hydrogens is 469 g/mol. The highest BCUT2D eigenvalue weighted by molar-refractivity contribution is 7.89. The van der Waals surface area contributed by atoms with Crippen molar-refractivity contribution in [3.63, 3.8) is 0 Å². The van der Waals surface area contributed by atoms with Crippen molar-refractivity contribution in [2.24, 2.45) is 0 Å². The average molecular weight is 492 g/mol. The molecule has 1 N–H and O–H groups in total. The molecule has 10 heteroatoms. The molecule has 3 aromatic rings. The summed E-state index contributed by atoms with van der Waals surface area (Å²) in [5.41, 5.74) is 3.01. The van der Waals surface area contributed by atoms with Crippen LogP contribution in [0.15, 0.2) is 53.6 Å². The normalized spacial score (nSPS) is 15.8. The van der Waals surface area contributed by atoms with Crippen molar-refractivity contribution in [1.82, 2.24) is 14.5 Å². The third-order valence-electron chi connectivity index (χ3n) is 5.56. The summed E-state index contributed by atoms with van der Waals surface area (Å²) in [6.07, 6.45) is 3.71. The summed E-state index contributed by atoms with van der Waals surface area (Å²) in [5, 5.41) is 4.28. The summed E-state index contributed by atoms with van der Waals surface area (Å²) in [6.45, 7) is 2.03. The summed E-state index contributed by atoms with van der Waals surface area (Å²) >= 11 is 5.85. The summed E-state index contributed by atoms with van der Waals surface area (Å²) < 4.78 is 48.8. The molecule has 0 fully saturated rings. The predicted octanol–water partition coefficient (Wildman–Crippen LogP) is 4.26. The Morgan fingerprint density at radius 3 is 2.67 bits per heavy atom. The Kier molecular flexibility index (Phi) is 6.83. The summed E-state index contributed by atoms with van der Waals surface area (Å²) in [5.74, 6) is -0.894. The van der Waals surface area contributed by atoms with Gasteiger partial charge in [0.25, 0.3) is 0 Å². The monoisotopic (exact) mass is 491 g/mol. The Morgan fingerprint density at radius 2 is 1.97 bits per heavy atom. The molecule has 33 heavy (non-hydrogen) atoms. The topological polar surface area (TPSA) is 90.3 Å². The molecule has 0 radical (unpaired) electrons. The van der Waals surface area contributed by atoms with E-state index in [4.69, 9.17) is 16.3 Å². The number of nitrogens with zero attached hydrogens (tertiary/aromatic N) is 2. The number of hydrogen-bond donors (Lipinski definition) is 1. The SMILES string of the molecule is CCOC(=O)Cn1ncc2c1CCCC2NS(=O)(=O)c1ccc(-c2ccc(F)c(Cl)c2)cc1. The number of ether oxygens (including phenoxy) is 1. The highest BCUT2D eigenvalue weighted by Gasteiger charge is 2.29. The molecule has 4 rings (SSSR count). The number of aromatic nitrogens is 2. The number of esters is 1. The van der Waals surface area contributed by atoms with Gasteiger partial charge in [-0.2, -0.15) is 5.10 Å². The third-order valence-corrected chi connectivity index (χ3v) is 7.34. The number of rotatable bonds is 7. The minimum Gasteiger partial charge on any atom is -0.465 e. The molecule has 0 saturated carbocycles. The van der Waals surface area contributed by atoms with Crippen molar-refractivity contribution in [3.8, 4) is 11.1 Å². The van der Waals surface area contributed by atoms with Gasteiger partial charge in [0.15, 0.2) is 0 Å². The predicted molar refractivity (Wildman–Crippen MR) is 122 cm³/mol. The Bertz CT molecular complexity index is 1280. The molecule has 1 atom stereocenters. The Morgan fingerprint density at radius 1 is 1.24 bits per heavy atom. The van der Waals surface area contributed by atoms with Gasteiger partial charge >= 0.3 is 5.97 Å². The summed E-state index contributed by atoms with van der Waals surface area (Å²) in [4.78, 5) is 12.0. The minimum atomic E-state index is -3.80. The Hall–Kier alpha value is -2.75. The first-order chi connectivity index (χ1) is 15.8. The van der Waals surface area contributed by atoms with Crippen LogP contribution in [0.3, 0.4) is 0 Å². The maximum atomic E-state index is 13.4. The lowest BCUT2D eigenvalue weighted by molar-refractivity contribution is -0.144. The maximum Gasteiger partial charge on any atom is 0.327 e. The van der Waals surface area contributed by atoms with Crippen LogP contribution in [0, 0.1) is 5.82 Å². The molecule has 2 aromatic carbocycles. The van der Waals surface area contributed by atoms with Gasteiger partial charge in [0.05, 0.1) is 28.8 Å². The number of carbonyl (C=O) groups excluding carboxylic acids is 1. The van der Waals surface area contributed by atoms with E-state index < -0.39 is 21.9 Å². The van der Waals surface area contributed by atoms with E-state index in [1.165, 1.54) is 24.3 Å². The fourth-order valence-electron chi connectivity index (χ4n) is 3.96. The zero-order chi connectivity index (χ0) is 23.6. The smallest absolute Gasteiger partial charge is 0.327 e. The van der Waals surface area contributed by atoms with Gasteiger partial charge in [0.1, 0.15) is 12.4 Å². The van der Waals surface area contributed by atoms with E-state index >= 15 is 0 Å². The third kappa shape index (κ3) is 5.10. The van der Waals surface area contributed by atoms with Crippen LogP contribution >= 0.6 is 11.6 Å². The lowest BCUT2D eigenvalue weighted by Crippen LogP contribution is -2.31. The standard InChI is InChI=1S/C23H23ClFN3O4S/c1-2-32-23(29)14-28-22-5-3-4-21(18(22)13-26-28)27-33(30,31)17-9-6-15(7-10-17)16-8-11-20(25)19(24)12-16/h6-13,21,27H,2-5,14H2,1H3. The van der Waals surface area contributed by atoms with Gasteiger partial charge in [0.2, 0.25) is 10.0 Å². The van der Waals surface area contributed by atoms with E-state index in [0.29, 0.717) is 18.4 Å². The van der Waals surface area contributed by atoms with Crippen LogP contribution in [0.5, 0.6) is 0 Å². The number of hydrogen-bond acceptors (Lipinski definition) is 5. The second-order valence-electron chi connectivity index (χ2n) is 7.73. The van der Waals surface area contributed by atoms with E-state index in [2.05, 4.69) is 9.82 Å². The van der Waals surface area contributed by atoms with Crippen LogP contribution in [0.2, 0.25) is 5.02 Å². The van der Waals surface area contributed by atoms with Crippen molar-refractivity contribution in [2.75, 3.05) is 6.61 Å². The molecule has 1 aliphatic carbocycles. The fourth-order valence-corrected chi connectivity index (χ4v) is 5.39. The maximum absolute atomic E-state index is 13.4. The molecule has 1 aromatic heterocycles. The molecule has 0 bridgehead atoms. The molecular formula is C23H23ClFN3O4S. The van der Waals surface area contributed by atoms with Crippen LogP contribution in [-0.4, -0.2) is 30.8 Å².